The number of nitriles is 1. The zero-order valence-electron chi connectivity index (χ0n) is 35.0. The Labute approximate surface area is 343 Å². The van der Waals surface area contributed by atoms with Gasteiger partial charge in [0.05, 0.1) is 31.9 Å². The summed E-state index contributed by atoms with van der Waals surface area (Å²) in [4.78, 5) is 4.83. The first-order valence-corrected chi connectivity index (χ1v) is 22.1. The van der Waals surface area contributed by atoms with E-state index in [9.17, 15) is 5.26 Å². The second kappa shape index (κ2) is 15.7. The summed E-state index contributed by atoms with van der Waals surface area (Å²) in [5.41, 5.74) is 6.09. The van der Waals surface area contributed by atoms with Crippen molar-refractivity contribution in [3.63, 3.8) is 0 Å². The van der Waals surface area contributed by atoms with Crippen LogP contribution in [0.2, 0.25) is 5.04 Å². The van der Waals surface area contributed by atoms with Crippen LogP contribution in [-0.4, -0.2) is 84.3 Å². The maximum absolute atomic E-state index is 11.4. The summed E-state index contributed by atoms with van der Waals surface area (Å²) in [6, 6.07) is 25.1. The number of fused-ring (bicyclic) bond motifs is 9. The molecule has 0 spiro atoms. The van der Waals surface area contributed by atoms with Crippen molar-refractivity contribution in [3.8, 4) is 34.8 Å². The van der Waals surface area contributed by atoms with E-state index in [1.165, 1.54) is 10.4 Å². The summed E-state index contributed by atoms with van der Waals surface area (Å²) >= 11 is 0. The molecule has 0 amide bonds. The van der Waals surface area contributed by atoms with Gasteiger partial charge in [-0.05, 0) is 60.3 Å². The summed E-state index contributed by atoms with van der Waals surface area (Å²) in [7, 11) is 2.42. The Bertz CT molecular complexity index is 2180. The van der Waals surface area contributed by atoms with Crippen LogP contribution in [0, 0.1) is 25.2 Å². The largest absolute Gasteiger partial charge is 0.493 e. The van der Waals surface area contributed by atoms with Crippen LogP contribution in [0.1, 0.15) is 66.2 Å². The molecule has 1 saturated heterocycles. The van der Waals surface area contributed by atoms with Crippen molar-refractivity contribution in [2.75, 3.05) is 48.1 Å². The van der Waals surface area contributed by atoms with Gasteiger partial charge in [0, 0.05) is 41.4 Å². The maximum atomic E-state index is 11.4. The van der Waals surface area contributed by atoms with Crippen molar-refractivity contribution < 1.29 is 32.8 Å². The molecular formula is C47H55N3O7Si. The van der Waals surface area contributed by atoms with E-state index in [1.807, 2.05) is 13.8 Å². The van der Waals surface area contributed by atoms with Crippen LogP contribution in [-0.2, 0) is 22.0 Å². The van der Waals surface area contributed by atoms with Crippen molar-refractivity contribution in [2.24, 2.45) is 0 Å². The first kappa shape index (κ1) is 40.0. The van der Waals surface area contributed by atoms with E-state index in [2.05, 4.69) is 117 Å². The number of benzene rings is 4. The van der Waals surface area contributed by atoms with Gasteiger partial charge in [0.1, 0.15) is 18.4 Å². The third-order valence-electron chi connectivity index (χ3n) is 12.8. The van der Waals surface area contributed by atoms with Crippen LogP contribution >= 0.6 is 0 Å². The Morgan fingerprint density at radius 3 is 2.17 bits per heavy atom. The number of likely N-dealkylation sites (N-methyl/N-ethyl adjacent to an activating group) is 1. The van der Waals surface area contributed by atoms with Crippen LogP contribution in [0.4, 0.5) is 0 Å². The second-order valence-electron chi connectivity index (χ2n) is 16.9. The Balaban J connectivity index is 1.38. The molecule has 10 nitrogen and oxygen atoms in total. The number of hydrogen-bond donors (Lipinski definition) is 0. The molecule has 4 aromatic carbocycles. The summed E-state index contributed by atoms with van der Waals surface area (Å²) in [6.45, 7) is 15.7. The Morgan fingerprint density at radius 1 is 0.897 bits per heavy atom. The van der Waals surface area contributed by atoms with Gasteiger partial charge in [-0.25, -0.2) is 0 Å². The Kier molecular flexibility index (Phi) is 10.8. The quantitative estimate of drug-likeness (QED) is 0.0853. The van der Waals surface area contributed by atoms with E-state index in [-0.39, 0.29) is 36.7 Å². The molecule has 0 aliphatic carbocycles. The van der Waals surface area contributed by atoms with Crippen molar-refractivity contribution in [1.82, 2.24) is 9.80 Å². The molecule has 0 aromatic heterocycles. The van der Waals surface area contributed by atoms with E-state index in [4.69, 9.17) is 32.8 Å². The van der Waals surface area contributed by atoms with Gasteiger partial charge in [-0.15, -0.1) is 0 Å². The first-order chi connectivity index (χ1) is 28.0. The highest BCUT2D eigenvalue weighted by atomic mass is 28.4. The fourth-order valence-corrected chi connectivity index (χ4v) is 15.1. The van der Waals surface area contributed by atoms with Crippen molar-refractivity contribution >= 4 is 18.7 Å². The molecule has 304 valence electrons. The van der Waals surface area contributed by atoms with E-state index >= 15 is 0 Å². The Hall–Kier alpha value is -4.83. The van der Waals surface area contributed by atoms with Crippen LogP contribution in [0.15, 0.2) is 79.4 Å². The lowest BCUT2D eigenvalue weighted by Crippen LogP contribution is -2.70. The number of ether oxygens (including phenoxy) is 6. The summed E-state index contributed by atoms with van der Waals surface area (Å²) in [5, 5.41) is 13.5. The van der Waals surface area contributed by atoms with E-state index in [1.54, 1.807) is 20.3 Å². The van der Waals surface area contributed by atoms with Gasteiger partial charge in [0.2, 0.25) is 6.79 Å². The van der Waals surface area contributed by atoms with Gasteiger partial charge < -0.3 is 32.8 Å². The molecular weight excluding hydrogens is 747 g/mol. The number of piperazine rings is 1. The van der Waals surface area contributed by atoms with Crippen LogP contribution in [0.3, 0.4) is 0 Å². The highest BCUT2D eigenvalue weighted by Crippen LogP contribution is 2.59. The smallest absolute Gasteiger partial charge is 0.261 e. The first-order valence-electron chi connectivity index (χ1n) is 20.2. The molecule has 0 radical (unpaired) electrons. The lowest BCUT2D eigenvalue weighted by Gasteiger charge is -2.60. The van der Waals surface area contributed by atoms with E-state index < -0.39 is 20.4 Å². The molecule has 4 aliphatic heterocycles. The highest BCUT2D eigenvalue weighted by Gasteiger charge is 2.58. The monoisotopic (exact) mass is 801 g/mol. The standard InChI is InChI=1S/C47H55N3O7Si/c1-10-21-53-43-30(3)44-46(56-28-55-44)40-34(43)24-36-41-39-31(22-29(2)42(52-9)45(39)54-27-51-8)23-35(49(41)7)37(25-48)50(36)38(40)26-57-58(47(4,5)6,32-17-13-11-14-18-32)33-19-15-12-16-20-33/h10-20,22,35-38,41H,1,21,23-24,26-28H2,2-9H3/t35-,36?,37+,38+,41-/m1/s1. The lowest BCUT2D eigenvalue weighted by atomic mass is 9.71. The van der Waals surface area contributed by atoms with Gasteiger partial charge in [-0.3, -0.25) is 9.80 Å². The molecule has 4 aromatic rings. The molecule has 58 heavy (non-hydrogen) atoms. The zero-order chi connectivity index (χ0) is 40.9. The minimum Gasteiger partial charge on any atom is -0.493 e. The maximum Gasteiger partial charge on any atom is 0.261 e. The molecule has 0 N–H and O–H groups in total. The average molecular weight is 802 g/mol. The molecule has 11 heteroatoms. The fourth-order valence-electron chi connectivity index (χ4n) is 10.5. The minimum atomic E-state index is -3.04. The second-order valence-corrected chi connectivity index (χ2v) is 21.2. The van der Waals surface area contributed by atoms with Crippen LogP contribution < -0.4 is 34.1 Å². The van der Waals surface area contributed by atoms with Crippen molar-refractivity contribution in [3.05, 3.63) is 113 Å². The van der Waals surface area contributed by atoms with Crippen molar-refractivity contribution in [2.45, 2.75) is 82.7 Å². The Morgan fingerprint density at radius 2 is 1.57 bits per heavy atom. The number of rotatable bonds is 12. The highest BCUT2D eigenvalue weighted by molar-refractivity contribution is 6.99. The van der Waals surface area contributed by atoms with Crippen LogP contribution in [0.25, 0.3) is 0 Å². The zero-order valence-corrected chi connectivity index (χ0v) is 36.0. The van der Waals surface area contributed by atoms with Gasteiger partial charge in [-0.2, -0.15) is 5.26 Å². The SMILES string of the molecule is C=CCOc1c(C)c2c(c3c1CC1[C@@H]4c5c(cc(C)c(OC)c5OCOC)C[C@H]([C@H](C#N)N1[C@H]3CO[Si](c1ccccc1)(c1ccccc1)C(C)(C)C)N4C)OCO2. The number of aryl methyl sites for hydroxylation is 1. The molecule has 5 atom stereocenters. The van der Waals surface area contributed by atoms with E-state index in [0.29, 0.717) is 49.1 Å². The normalized spacial score (nSPS) is 22.3. The number of nitrogens with zero attached hydrogens (tertiary/aromatic N) is 3. The minimum absolute atomic E-state index is 0.0707. The van der Waals surface area contributed by atoms with Gasteiger partial charge in [0.15, 0.2) is 29.8 Å². The summed E-state index contributed by atoms with van der Waals surface area (Å²) < 4.78 is 45.1. The van der Waals surface area contributed by atoms with Crippen molar-refractivity contribution in [1.29, 1.82) is 5.26 Å². The van der Waals surface area contributed by atoms with Gasteiger partial charge in [0.25, 0.3) is 8.32 Å². The summed E-state index contributed by atoms with van der Waals surface area (Å²) in [6.07, 6.45) is 3.01. The molecule has 4 heterocycles. The van der Waals surface area contributed by atoms with Gasteiger partial charge >= 0.3 is 0 Å². The average Bonchev–Trinajstić information content (AvgIpc) is 3.71. The third-order valence-corrected chi connectivity index (χ3v) is 17.8. The third kappa shape index (κ3) is 6.20. The van der Waals surface area contributed by atoms with Crippen LogP contribution in [0.5, 0.6) is 28.7 Å². The lowest BCUT2D eigenvalue weighted by molar-refractivity contribution is -0.0819. The predicted molar refractivity (Wildman–Crippen MR) is 226 cm³/mol. The van der Waals surface area contributed by atoms with Gasteiger partial charge in [-0.1, -0.05) is 100 Å². The molecule has 1 fully saturated rings. The molecule has 1 unspecified atom stereocenters. The molecule has 8 rings (SSSR count). The molecule has 2 bridgehead atoms. The fraction of sp³-hybridized carbons (Fsp3) is 0.426. The summed E-state index contributed by atoms with van der Waals surface area (Å²) in [5.74, 6) is 3.52. The molecule has 4 aliphatic rings. The molecule has 0 saturated carbocycles. The topological polar surface area (TPSA) is 94.9 Å². The number of hydrogen-bond acceptors (Lipinski definition) is 10. The van der Waals surface area contributed by atoms with E-state index in [0.717, 1.165) is 39.1 Å². The predicted octanol–water partition coefficient (Wildman–Crippen LogP) is 6.94. The number of methoxy groups -OCH3 is 2.